The topological polar surface area (TPSA) is 75.8 Å². The average Bonchev–Trinajstić information content (AvgIpc) is 2.48. The van der Waals surface area contributed by atoms with Gasteiger partial charge in [0.25, 0.3) is 0 Å². The standard InChI is InChI=1S/C16H24N2O3.ClH/c1-18(16(20)12-4-3-5-13(17)9-12)10-11-6-7-14(19)15(8-11)21-2;/h6-8,12-13,19H,3-5,9-10,17H2,1-2H3;1H. The minimum absolute atomic E-state index is 0. The molecule has 1 aliphatic carbocycles. The van der Waals surface area contributed by atoms with Crippen LogP contribution in [0.3, 0.4) is 0 Å². The van der Waals surface area contributed by atoms with E-state index in [1.165, 1.54) is 7.11 Å². The first kappa shape index (κ1) is 18.6. The van der Waals surface area contributed by atoms with E-state index >= 15 is 0 Å². The van der Waals surface area contributed by atoms with Gasteiger partial charge in [0, 0.05) is 25.6 Å². The van der Waals surface area contributed by atoms with Crippen LogP contribution in [0.1, 0.15) is 31.2 Å². The zero-order valence-corrected chi connectivity index (χ0v) is 13.9. The number of nitrogens with zero attached hydrogens (tertiary/aromatic N) is 1. The first-order chi connectivity index (χ1) is 10.0. The van der Waals surface area contributed by atoms with Crippen LogP contribution >= 0.6 is 12.4 Å². The fourth-order valence-electron chi connectivity index (χ4n) is 2.94. The normalized spacial score (nSPS) is 20.9. The molecule has 1 aliphatic rings. The molecule has 0 radical (unpaired) electrons. The fourth-order valence-corrected chi connectivity index (χ4v) is 2.94. The molecular weight excluding hydrogens is 304 g/mol. The molecule has 2 rings (SSSR count). The Bertz CT molecular complexity index is 510. The number of nitrogens with two attached hydrogens (primary N) is 1. The molecule has 1 amide bonds. The van der Waals surface area contributed by atoms with E-state index in [2.05, 4.69) is 0 Å². The molecule has 1 aromatic carbocycles. The Labute approximate surface area is 137 Å². The van der Waals surface area contributed by atoms with Crippen molar-refractivity contribution < 1.29 is 14.6 Å². The molecule has 0 spiro atoms. The highest BCUT2D eigenvalue weighted by Crippen LogP contribution is 2.28. The lowest BCUT2D eigenvalue weighted by Crippen LogP contribution is -2.38. The van der Waals surface area contributed by atoms with Crippen molar-refractivity contribution in [3.63, 3.8) is 0 Å². The van der Waals surface area contributed by atoms with Gasteiger partial charge in [0.2, 0.25) is 5.91 Å². The Balaban J connectivity index is 0.00000242. The molecule has 3 N–H and O–H groups in total. The maximum Gasteiger partial charge on any atom is 0.225 e. The van der Waals surface area contributed by atoms with Crippen molar-refractivity contribution in [2.45, 2.75) is 38.3 Å². The Morgan fingerprint density at radius 2 is 2.18 bits per heavy atom. The van der Waals surface area contributed by atoms with Crippen LogP contribution in [0.2, 0.25) is 0 Å². The van der Waals surface area contributed by atoms with Crippen molar-refractivity contribution in [2.24, 2.45) is 11.7 Å². The van der Waals surface area contributed by atoms with Gasteiger partial charge in [-0.2, -0.15) is 0 Å². The zero-order chi connectivity index (χ0) is 15.4. The van der Waals surface area contributed by atoms with Crippen molar-refractivity contribution in [1.82, 2.24) is 4.90 Å². The van der Waals surface area contributed by atoms with Crippen molar-refractivity contribution in [2.75, 3.05) is 14.2 Å². The summed E-state index contributed by atoms with van der Waals surface area (Å²) in [5, 5.41) is 9.59. The van der Waals surface area contributed by atoms with E-state index in [9.17, 15) is 9.90 Å². The monoisotopic (exact) mass is 328 g/mol. The van der Waals surface area contributed by atoms with E-state index < -0.39 is 0 Å². The number of rotatable bonds is 4. The highest BCUT2D eigenvalue weighted by Gasteiger charge is 2.27. The van der Waals surface area contributed by atoms with Gasteiger partial charge in [-0.3, -0.25) is 4.79 Å². The van der Waals surface area contributed by atoms with E-state index in [-0.39, 0.29) is 36.0 Å². The molecule has 5 nitrogen and oxygen atoms in total. The van der Waals surface area contributed by atoms with Crippen LogP contribution in [-0.2, 0) is 11.3 Å². The predicted molar refractivity (Wildman–Crippen MR) is 88.3 cm³/mol. The summed E-state index contributed by atoms with van der Waals surface area (Å²) in [6.45, 7) is 0.501. The van der Waals surface area contributed by atoms with Crippen molar-refractivity contribution in [1.29, 1.82) is 0 Å². The second-order valence-electron chi connectivity index (χ2n) is 5.82. The lowest BCUT2D eigenvalue weighted by molar-refractivity contribution is -0.135. The third-order valence-electron chi connectivity index (χ3n) is 4.10. The Morgan fingerprint density at radius 3 is 2.82 bits per heavy atom. The first-order valence-corrected chi connectivity index (χ1v) is 7.37. The van der Waals surface area contributed by atoms with Gasteiger partial charge in [0.1, 0.15) is 0 Å². The molecule has 0 aliphatic heterocycles. The van der Waals surface area contributed by atoms with Gasteiger partial charge in [-0.05, 0) is 37.0 Å². The van der Waals surface area contributed by atoms with Gasteiger partial charge >= 0.3 is 0 Å². The summed E-state index contributed by atoms with van der Waals surface area (Å²) < 4.78 is 5.09. The fraction of sp³-hybridized carbons (Fsp3) is 0.562. The molecule has 22 heavy (non-hydrogen) atoms. The number of halogens is 1. The summed E-state index contributed by atoms with van der Waals surface area (Å²) in [7, 11) is 3.32. The second kappa shape index (κ2) is 8.25. The smallest absolute Gasteiger partial charge is 0.225 e. The van der Waals surface area contributed by atoms with Crippen LogP contribution in [0.25, 0.3) is 0 Å². The molecule has 1 aromatic rings. The number of benzene rings is 1. The summed E-state index contributed by atoms with van der Waals surface area (Å²) in [5.74, 6) is 0.719. The second-order valence-corrected chi connectivity index (χ2v) is 5.82. The summed E-state index contributed by atoms with van der Waals surface area (Å²) >= 11 is 0. The van der Waals surface area contributed by atoms with Crippen LogP contribution in [0.15, 0.2) is 18.2 Å². The summed E-state index contributed by atoms with van der Waals surface area (Å²) in [6.07, 6.45) is 3.75. The lowest BCUT2D eigenvalue weighted by Gasteiger charge is -2.29. The molecule has 0 heterocycles. The van der Waals surface area contributed by atoms with E-state index in [1.54, 1.807) is 23.1 Å². The molecule has 0 saturated heterocycles. The number of methoxy groups -OCH3 is 1. The van der Waals surface area contributed by atoms with E-state index in [4.69, 9.17) is 10.5 Å². The van der Waals surface area contributed by atoms with E-state index in [0.717, 1.165) is 31.2 Å². The number of ether oxygens (including phenoxy) is 1. The molecule has 1 saturated carbocycles. The minimum Gasteiger partial charge on any atom is -0.504 e. The van der Waals surface area contributed by atoms with Gasteiger partial charge in [0.15, 0.2) is 11.5 Å². The number of hydrogen-bond acceptors (Lipinski definition) is 4. The maximum atomic E-state index is 12.5. The molecule has 2 unspecified atom stereocenters. The number of carbonyl (C=O) groups is 1. The van der Waals surface area contributed by atoms with Crippen molar-refractivity contribution in [3.8, 4) is 11.5 Å². The molecule has 0 bridgehead atoms. The highest BCUT2D eigenvalue weighted by molar-refractivity contribution is 5.85. The van der Waals surface area contributed by atoms with Crippen molar-refractivity contribution in [3.05, 3.63) is 23.8 Å². The SMILES string of the molecule is COc1cc(CN(C)C(=O)C2CCCC(N)C2)ccc1O.Cl. The summed E-state index contributed by atoms with van der Waals surface area (Å²) in [5.41, 5.74) is 6.89. The number of amides is 1. The Kier molecular flexibility index (Phi) is 6.97. The molecule has 0 aromatic heterocycles. The van der Waals surface area contributed by atoms with Gasteiger partial charge < -0.3 is 20.5 Å². The Hall–Kier alpha value is -1.46. The molecule has 124 valence electrons. The van der Waals surface area contributed by atoms with Gasteiger partial charge in [-0.15, -0.1) is 12.4 Å². The summed E-state index contributed by atoms with van der Waals surface area (Å²) in [4.78, 5) is 14.2. The van der Waals surface area contributed by atoms with E-state index in [1.807, 2.05) is 7.05 Å². The first-order valence-electron chi connectivity index (χ1n) is 7.37. The molecule has 6 heteroatoms. The van der Waals surface area contributed by atoms with Gasteiger partial charge in [-0.1, -0.05) is 12.5 Å². The number of phenols is 1. The largest absolute Gasteiger partial charge is 0.504 e. The third-order valence-corrected chi connectivity index (χ3v) is 4.10. The summed E-state index contributed by atoms with van der Waals surface area (Å²) in [6, 6.07) is 5.29. The van der Waals surface area contributed by atoms with Crippen LogP contribution < -0.4 is 10.5 Å². The van der Waals surface area contributed by atoms with Crippen LogP contribution in [0, 0.1) is 5.92 Å². The third kappa shape index (κ3) is 4.52. The maximum absolute atomic E-state index is 12.5. The zero-order valence-electron chi connectivity index (χ0n) is 13.1. The van der Waals surface area contributed by atoms with Gasteiger partial charge in [0.05, 0.1) is 7.11 Å². The number of phenolic OH excluding ortho intramolecular Hbond substituents is 1. The quantitative estimate of drug-likeness (QED) is 0.889. The molecule has 1 fully saturated rings. The van der Waals surface area contributed by atoms with E-state index in [0.29, 0.717) is 12.3 Å². The minimum atomic E-state index is 0. The molecule has 2 atom stereocenters. The van der Waals surface area contributed by atoms with Crippen LogP contribution in [-0.4, -0.2) is 36.1 Å². The average molecular weight is 329 g/mol. The van der Waals surface area contributed by atoms with Gasteiger partial charge in [-0.25, -0.2) is 0 Å². The van der Waals surface area contributed by atoms with Crippen LogP contribution in [0.5, 0.6) is 11.5 Å². The number of carbonyl (C=O) groups excluding carboxylic acids is 1. The number of hydrogen-bond donors (Lipinski definition) is 2. The lowest BCUT2D eigenvalue weighted by atomic mass is 9.85. The molecular formula is C16H25ClN2O3. The van der Waals surface area contributed by atoms with Crippen molar-refractivity contribution >= 4 is 18.3 Å². The predicted octanol–water partition coefficient (Wildman–Crippen LogP) is 2.30. The van der Waals surface area contributed by atoms with Crippen LogP contribution in [0.4, 0.5) is 0 Å². The Morgan fingerprint density at radius 1 is 1.45 bits per heavy atom. The highest BCUT2D eigenvalue weighted by atomic mass is 35.5. The number of aromatic hydroxyl groups is 1.